The minimum absolute atomic E-state index is 0.104. The Morgan fingerprint density at radius 1 is 1.17 bits per heavy atom. The van der Waals surface area contributed by atoms with Crippen molar-refractivity contribution in [2.75, 3.05) is 0 Å². The highest BCUT2D eigenvalue weighted by Crippen LogP contribution is 2.26. The Hall–Kier alpha value is -3.42. The number of azo groups is 1. The molecule has 3 aromatic rings. The van der Waals surface area contributed by atoms with E-state index in [1.54, 1.807) is 12.1 Å². The standard InChI is InChI=1S/C15H13N5O3/c1-20-7-3-6-11(20)12-13(14(21)19-17-12)18-16-10-5-2-4-9(8-10)15(22)23/h2-8H,1H3,(H,22,23)(H2,17,19,21). The maximum atomic E-state index is 11.9. The van der Waals surface area contributed by atoms with Crippen LogP contribution >= 0.6 is 0 Å². The van der Waals surface area contributed by atoms with Crippen LogP contribution in [0.3, 0.4) is 0 Å². The maximum absolute atomic E-state index is 11.9. The number of carboxylic acid groups (broad SMARTS) is 1. The second-order valence-electron chi connectivity index (χ2n) is 4.86. The van der Waals surface area contributed by atoms with E-state index < -0.39 is 11.5 Å². The molecule has 0 spiro atoms. The van der Waals surface area contributed by atoms with Gasteiger partial charge in [0.25, 0.3) is 5.56 Å². The lowest BCUT2D eigenvalue weighted by Gasteiger charge is -2.00. The number of aromatic amines is 2. The summed E-state index contributed by atoms with van der Waals surface area (Å²) in [6.45, 7) is 0. The fourth-order valence-electron chi connectivity index (χ4n) is 2.16. The molecule has 0 fully saturated rings. The average molecular weight is 311 g/mol. The van der Waals surface area contributed by atoms with Crippen LogP contribution in [-0.2, 0) is 7.05 Å². The molecule has 0 saturated heterocycles. The van der Waals surface area contributed by atoms with Gasteiger partial charge in [-0.25, -0.2) is 4.79 Å². The molecule has 0 atom stereocenters. The summed E-state index contributed by atoms with van der Waals surface area (Å²) in [6, 6.07) is 9.70. The van der Waals surface area contributed by atoms with Crippen molar-refractivity contribution in [3.8, 4) is 11.4 Å². The number of aryl methyl sites for hydroxylation is 1. The largest absolute Gasteiger partial charge is 0.478 e. The normalized spacial score (nSPS) is 11.2. The van der Waals surface area contributed by atoms with Gasteiger partial charge in [0.1, 0.15) is 5.69 Å². The second-order valence-corrected chi connectivity index (χ2v) is 4.86. The molecule has 2 aromatic heterocycles. The van der Waals surface area contributed by atoms with Crippen LogP contribution in [0.1, 0.15) is 10.4 Å². The first-order valence-corrected chi connectivity index (χ1v) is 6.73. The van der Waals surface area contributed by atoms with E-state index in [-0.39, 0.29) is 11.3 Å². The van der Waals surface area contributed by atoms with Crippen molar-refractivity contribution in [2.24, 2.45) is 17.3 Å². The average Bonchev–Trinajstić information content (AvgIpc) is 3.11. The van der Waals surface area contributed by atoms with E-state index >= 15 is 0 Å². The van der Waals surface area contributed by atoms with Gasteiger partial charge in [0.05, 0.1) is 16.9 Å². The molecule has 116 valence electrons. The van der Waals surface area contributed by atoms with Gasteiger partial charge in [-0.05, 0) is 30.3 Å². The van der Waals surface area contributed by atoms with Crippen molar-refractivity contribution < 1.29 is 9.90 Å². The number of aromatic carboxylic acids is 1. The zero-order chi connectivity index (χ0) is 16.4. The highest BCUT2D eigenvalue weighted by atomic mass is 16.4. The number of carbonyl (C=O) groups is 1. The number of rotatable bonds is 4. The van der Waals surface area contributed by atoms with E-state index in [4.69, 9.17) is 5.11 Å². The number of hydrogen-bond acceptors (Lipinski definition) is 4. The third-order valence-electron chi connectivity index (χ3n) is 3.31. The minimum Gasteiger partial charge on any atom is -0.478 e. The smallest absolute Gasteiger partial charge is 0.335 e. The fraction of sp³-hybridized carbons (Fsp3) is 0.0667. The topological polar surface area (TPSA) is 116 Å². The van der Waals surface area contributed by atoms with Gasteiger partial charge in [0, 0.05) is 13.2 Å². The lowest BCUT2D eigenvalue weighted by Crippen LogP contribution is -1.97. The van der Waals surface area contributed by atoms with E-state index in [0.29, 0.717) is 11.4 Å². The van der Waals surface area contributed by atoms with Crippen molar-refractivity contribution in [2.45, 2.75) is 0 Å². The van der Waals surface area contributed by atoms with Crippen LogP contribution < -0.4 is 5.56 Å². The Bertz CT molecular complexity index is 948. The molecule has 3 rings (SSSR count). The molecule has 0 radical (unpaired) electrons. The molecule has 1 aromatic carbocycles. The van der Waals surface area contributed by atoms with Crippen LogP contribution in [0.15, 0.2) is 57.6 Å². The summed E-state index contributed by atoms with van der Waals surface area (Å²) in [4.78, 5) is 22.9. The van der Waals surface area contributed by atoms with Gasteiger partial charge in [-0.1, -0.05) is 6.07 Å². The number of hydrogen-bond donors (Lipinski definition) is 3. The van der Waals surface area contributed by atoms with E-state index in [1.807, 2.05) is 29.9 Å². The Morgan fingerprint density at radius 3 is 2.70 bits per heavy atom. The first-order valence-electron chi connectivity index (χ1n) is 6.73. The number of H-pyrrole nitrogens is 2. The van der Waals surface area contributed by atoms with Crippen molar-refractivity contribution in [3.05, 3.63) is 58.5 Å². The number of benzene rings is 1. The summed E-state index contributed by atoms with van der Waals surface area (Å²) < 4.78 is 1.84. The third kappa shape index (κ3) is 2.82. The first-order chi connectivity index (χ1) is 11.1. The lowest BCUT2D eigenvalue weighted by molar-refractivity contribution is 0.0697. The predicted molar refractivity (Wildman–Crippen MR) is 83.4 cm³/mol. The lowest BCUT2D eigenvalue weighted by atomic mass is 10.2. The Labute approximate surface area is 130 Å². The van der Waals surface area contributed by atoms with Crippen LogP contribution in [0, 0.1) is 0 Å². The monoisotopic (exact) mass is 311 g/mol. The number of aromatic nitrogens is 3. The molecule has 8 nitrogen and oxygen atoms in total. The van der Waals surface area contributed by atoms with Gasteiger partial charge < -0.3 is 9.67 Å². The number of nitrogens with zero attached hydrogens (tertiary/aromatic N) is 3. The molecular formula is C15H13N5O3. The van der Waals surface area contributed by atoms with Crippen LogP contribution in [0.2, 0.25) is 0 Å². The van der Waals surface area contributed by atoms with Gasteiger partial charge in [0.15, 0.2) is 5.69 Å². The molecule has 2 heterocycles. The summed E-state index contributed by atoms with van der Waals surface area (Å²) >= 11 is 0. The van der Waals surface area contributed by atoms with Crippen LogP contribution in [0.4, 0.5) is 11.4 Å². The molecule has 0 aliphatic rings. The highest BCUT2D eigenvalue weighted by molar-refractivity contribution is 5.88. The van der Waals surface area contributed by atoms with E-state index in [9.17, 15) is 9.59 Å². The molecule has 0 aliphatic heterocycles. The first kappa shape index (κ1) is 14.5. The summed E-state index contributed by atoms with van der Waals surface area (Å²) in [5.41, 5.74) is 1.47. The van der Waals surface area contributed by atoms with E-state index in [1.165, 1.54) is 12.1 Å². The SMILES string of the molecule is Cn1cccc1-c1[nH][nH]c(=O)c1N=Nc1cccc(C(=O)O)c1. The Kier molecular flexibility index (Phi) is 3.63. The van der Waals surface area contributed by atoms with Crippen LogP contribution in [-0.4, -0.2) is 25.8 Å². The van der Waals surface area contributed by atoms with Crippen molar-refractivity contribution in [3.63, 3.8) is 0 Å². The maximum Gasteiger partial charge on any atom is 0.335 e. The molecule has 3 N–H and O–H groups in total. The molecule has 0 unspecified atom stereocenters. The van der Waals surface area contributed by atoms with Crippen LogP contribution in [0.25, 0.3) is 11.4 Å². The third-order valence-corrected chi connectivity index (χ3v) is 3.31. The molecule has 0 bridgehead atoms. The molecular weight excluding hydrogens is 298 g/mol. The van der Waals surface area contributed by atoms with Crippen molar-refractivity contribution in [1.29, 1.82) is 0 Å². The second kappa shape index (κ2) is 5.76. The van der Waals surface area contributed by atoms with E-state index in [2.05, 4.69) is 20.4 Å². The number of carboxylic acids is 1. The quantitative estimate of drug-likeness (QED) is 0.643. The van der Waals surface area contributed by atoms with Gasteiger partial charge in [-0.3, -0.25) is 15.0 Å². The Balaban J connectivity index is 1.99. The van der Waals surface area contributed by atoms with Gasteiger partial charge in [-0.15, -0.1) is 5.11 Å². The molecule has 0 aliphatic carbocycles. The highest BCUT2D eigenvalue weighted by Gasteiger charge is 2.13. The zero-order valence-electron chi connectivity index (χ0n) is 12.1. The number of nitrogens with one attached hydrogen (secondary N) is 2. The minimum atomic E-state index is -1.05. The van der Waals surface area contributed by atoms with Crippen molar-refractivity contribution >= 4 is 17.3 Å². The van der Waals surface area contributed by atoms with Gasteiger partial charge in [0.2, 0.25) is 0 Å². The molecule has 0 amide bonds. The summed E-state index contributed by atoms with van der Waals surface area (Å²) in [5, 5.41) is 22.2. The van der Waals surface area contributed by atoms with Gasteiger partial charge in [-0.2, -0.15) is 5.11 Å². The van der Waals surface area contributed by atoms with Gasteiger partial charge >= 0.3 is 5.97 Å². The molecule has 8 heteroatoms. The Morgan fingerprint density at radius 2 is 2.00 bits per heavy atom. The fourth-order valence-corrected chi connectivity index (χ4v) is 2.16. The van der Waals surface area contributed by atoms with Crippen molar-refractivity contribution in [1.82, 2.24) is 14.8 Å². The summed E-state index contributed by atoms with van der Waals surface area (Å²) in [6.07, 6.45) is 1.85. The predicted octanol–water partition coefficient (Wildman–Crippen LogP) is 2.82. The zero-order valence-corrected chi connectivity index (χ0v) is 12.1. The van der Waals surface area contributed by atoms with E-state index in [0.717, 1.165) is 5.69 Å². The summed E-state index contributed by atoms with van der Waals surface area (Å²) in [7, 11) is 1.85. The van der Waals surface area contributed by atoms with Crippen LogP contribution in [0.5, 0.6) is 0 Å². The molecule has 0 saturated carbocycles. The molecule has 23 heavy (non-hydrogen) atoms. The summed E-state index contributed by atoms with van der Waals surface area (Å²) in [5.74, 6) is -1.05.